The summed E-state index contributed by atoms with van der Waals surface area (Å²) in [5, 5.41) is 14.1. The summed E-state index contributed by atoms with van der Waals surface area (Å²) < 4.78 is 13.4. The van der Waals surface area contributed by atoms with E-state index in [2.05, 4.69) is 24.1 Å². The fourth-order valence-corrected chi connectivity index (χ4v) is 2.21. The molecule has 0 spiro atoms. The van der Waals surface area contributed by atoms with Crippen LogP contribution in [0.3, 0.4) is 0 Å². The zero-order chi connectivity index (χ0) is 15.5. The Balaban J connectivity index is 2.92. The van der Waals surface area contributed by atoms with Crippen molar-refractivity contribution in [2.24, 2.45) is 5.41 Å². The third kappa shape index (κ3) is 4.45. The molecule has 0 unspecified atom stereocenters. The Labute approximate surface area is 118 Å². The fourth-order valence-electron chi connectivity index (χ4n) is 2.21. The first-order valence-electron chi connectivity index (χ1n) is 6.45. The molecule has 0 amide bonds. The van der Waals surface area contributed by atoms with Crippen LogP contribution < -0.4 is 5.32 Å². The van der Waals surface area contributed by atoms with E-state index in [9.17, 15) is 14.5 Å². The van der Waals surface area contributed by atoms with Crippen LogP contribution in [-0.2, 0) is 0 Å². The number of benzene rings is 1. The second kappa shape index (κ2) is 6.17. The lowest BCUT2D eigenvalue weighted by atomic mass is 9.92. The minimum Gasteiger partial charge on any atom is -0.379 e. The van der Waals surface area contributed by atoms with Gasteiger partial charge in [-0.05, 0) is 38.1 Å². The number of nitrogens with one attached hydrogen (secondary N) is 1. The first-order valence-corrected chi connectivity index (χ1v) is 6.45. The van der Waals surface area contributed by atoms with Crippen molar-refractivity contribution in [3.63, 3.8) is 0 Å². The summed E-state index contributed by atoms with van der Waals surface area (Å²) in [6.07, 6.45) is 0. The molecule has 1 aromatic carbocycles. The number of aryl methyl sites for hydroxylation is 1. The molecular weight excluding hydrogens is 261 g/mol. The van der Waals surface area contributed by atoms with E-state index in [1.807, 2.05) is 14.1 Å². The van der Waals surface area contributed by atoms with Gasteiger partial charge in [0.25, 0.3) is 5.69 Å². The van der Waals surface area contributed by atoms with Crippen molar-refractivity contribution in [1.29, 1.82) is 0 Å². The van der Waals surface area contributed by atoms with Gasteiger partial charge >= 0.3 is 0 Å². The van der Waals surface area contributed by atoms with Crippen LogP contribution in [0.1, 0.15) is 19.4 Å². The Bertz CT molecular complexity index is 501. The summed E-state index contributed by atoms with van der Waals surface area (Å²) in [6.45, 7) is 7.14. The lowest BCUT2D eigenvalue weighted by Crippen LogP contribution is -2.34. The van der Waals surface area contributed by atoms with Crippen molar-refractivity contribution in [1.82, 2.24) is 4.90 Å². The van der Waals surface area contributed by atoms with Crippen LogP contribution in [0, 0.1) is 28.3 Å². The maximum Gasteiger partial charge on any atom is 0.295 e. The highest BCUT2D eigenvalue weighted by molar-refractivity contribution is 5.63. The first kappa shape index (κ1) is 16.4. The minimum absolute atomic E-state index is 0.0559. The molecule has 5 nitrogen and oxygen atoms in total. The molecule has 1 rings (SSSR count). The largest absolute Gasteiger partial charge is 0.379 e. The van der Waals surface area contributed by atoms with Crippen LogP contribution in [0.2, 0.25) is 0 Å². The molecule has 0 aliphatic rings. The van der Waals surface area contributed by atoms with Gasteiger partial charge in [0.05, 0.1) is 11.0 Å². The van der Waals surface area contributed by atoms with Crippen LogP contribution in [0.15, 0.2) is 12.1 Å². The summed E-state index contributed by atoms with van der Waals surface area (Å²) in [7, 11) is 3.96. The van der Waals surface area contributed by atoms with Crippen LogP contribution in [0.4, 0.5) is 15.8 Å². The van der Waals surface area contributed by atoms with Crippen molar-refractivity contribution in [2.75, 3.05) is 32.5 Å². The minimum atomic E-state index is -0.566. The smallest absolute Gasteiger partial charge is 0.295 e. The Morgan fingerprint density at radius 3 is 2.50 bits per heavy atom. The molecule has 0 aromatic heterocycles. The van der Waals surface area contributed by atoms with Crippen molar-refractivity contribution in [2.45, 2.75) is 20.8 Å². The van der Waals surface area contributed by atoms with Gasteiger partial charge in [-0.3, -0.25) is 10.1 Å². The van der Waals surface area contributed by atoms with Gasteiger partial charge in [0, 0.05) is 13.1 Å². The van der Waals surface area contributed by atoms with Crippen molar-refractivity contribution in [3.8, 4) is 0 Å². The standard InChI is InChI=1S/C14H22FN3O2/c1-10-6-12(13(18(19)20)7-11(10)15)16-8-14(2,3)9-17(4)5/h6-7,16H,8-9H2,1-5H3. The van der Waals surface area contributed by atoms with Crippen LogP contribution in [0.5, 0.6) is 0 Å². The molecule has 1 N–H and O–H groups in total. The van der Waals surface area contributed by atoms with Crippen molar-refractivity contribution < 1.29 is 9.31 Å². The molecule has 0 atom stereocenters. The molecule has 0 saturated carbocycles. The van der Waals surface area contributed by atoms with E-state index in [0.717, 1.165) is 12.6 Å². The molecule has 0 fully saturated rings. The molecule has 112 valence electrons. The first-order chi connectivity index (χ1) is 9.12. The Morgan fingerprint density at radius 2 is 2.00 bits per heavy atom. The monoisotopic (exact) mass is 283 g/mol. The van der Waals surface area contributed by atoms with Gasteiger partial charge in [-0.15, -0.1) is 0 Å². The van der Waals surface area contributed by atoms with Gasteiger partial charge in [-0.25, -0.2) is 4.39 Å². The molecule has 0 heterocycles. The number of nitro groups is 1. The van der Waals surface area contributed by atoms with E-state index in [4.69, 9.17) is 0 Å². The zero-order valence-corrected chi connectivity index (χ0v) is 12.7. The van der Waals surface area contributed by atoms with E-state index in [1.54, 1.807) is 6.92 Å². The summed E-state index contributed by atoms with van der Waals surface area (Å²) in [6, 6.07) is 2.45. The van der Waals surface area contributed by atoms with Crippen LogP contribution in [-0.4, -0.2) is 37.0 Å². The predicted octanol–water partition coefficient (Wildman–Crippen LogP) is 3.04. The van der Waals surface area contributed by atoms with Crippen molar-refractivity contribution >= 4 is 11.4 Å². The lowest BCUT2D eigenvalue weighted by molar-refractivity contribution is -0.384. The van der Waals surface area contributed by atoms with Gasteiger partial charge in [-0.2, -0.15) is 0 Å². The number of hydrogen-bond donors (Lipinski definition) is 1. The molecule has 20 heavy (non-hydrogen) atoms. The van der Waals surface area contributed by atoms with Crippen molar-refractivity contribution in [3.05, 3.63) is 33.6 Å². The normalized spacial score (nSPS) is 11.8. The lowest BCUT2D eigenvalue weighted by Gasteiger charge is -2.28. The second-order valence-corrected chi connectivity index (χ2v) is 6.13. The van der Waals surface area contributed by atoms with Gasteiger partial charge in [-0.1, -0.05) is 13.8 Å². The molecule has 0 bridgehead atoms. The Morgan fingerprint density at radius 1 is 1.40 bits per heavy atom. The third-order valence-corrected chi connectivity index (χ3v) is 2.98. The molecule has 0 aliphatic carbocycles. The highest BCUT2D eigenvalue weighted by Gasteiger charge is 2.22. The molecular formula is C14H22FN3O2. The number of nitrogens with zero attached hydrogens (tertiary/aromatic N) is 2. The van der Waals surface area contributed by atoms with Gasteiger partial charge in [0.2, 0.25) is 0 Å². The number of halogens is 1. The molecule has 0 aliphatic heterocycles. The fraction of sp³-hybridized carbons (Fsp3) is 0.571. The summed E-state index contributed by atoms with van der Waals surface area (Å²) in [4.78, 5) is 12.5. The van der Waals surface area contributed by atoms with Gasteiger partial charge < -0.3 is 10.2 Å². The SMILES string of the molecule is Cc1cc(NCC(C)(C)CN(C)C)c([N+](=O)[O-])cc1F. The summed E-state index contributed by atoms with van der Waals surface area (Å²) in [5.41, 5.74) is 0.470. The maximum absolute atomic E-state index is 13.4. The third-order valence-electron chi connectivity index (χ3n) is 2.98. The second-order valence-electron chi connectivity index (χ2n) is 6.13. The van der Waals surface area contributed by atoms with E-state index >= 15 is 0 Å². The number of hydrogen-bond acceptors (Lipinski definition) is 4. The topological polar surface area (TPSA) is 58.4 Å². The quantitative estimate of drug-likeness (QED) is 0.644. The zero-order valence-electron chi connectivity index (χ0n) is 12.7. The highest BCUT2D eigenvalue weighted by Crippen LogP contribution is 2.28. The average Bonchev–Trinajstić information content (AvgIpc) is 2.28. The Hall–Kier alpha value is -1.69. The van der Waals surface area contributed by atoms with E-state index in [1.165, 1.54) is 6.07 Å². The predicted molar refractivity (Wildman–Crippen MR) is 78.6 cm³/mol. The molecule has 1 aromatic rings. The van der Waals surface area contributed by atoms with Gasteiger partial charge in [0.1, 0.15) is 11.5 Å². The van der Waals surface area contributed by atoms with E-state index < -0.39 is 10.7 Å². The molecule has 0 radical (unpaired) electrons. The van der Waals surface area contributed by atoms with Gasteiger partial charge in [0.15, 0.2) is 0 Å². The molecule has 6 heteroatoms. The maximum atomic E-state index is 13.4. The van der Waals surface area contributed by atoms with Crippen LogP contribution in [0.25, 0.3) is 0 Å². The average molecular weight is 283 g/mol. The number of nitro benzene ring substituents is 1. The number of rotatable bonds is 6. The molecule has 0 saturated heterocycles. The summed E-state index contributed by atoms with van der Waals surface area (Å²) in [5.74, 6) is -0.560. The van der Waals surface area contributed by atoms with Crippen LogP contribution >= 0.6 is 0 Å². The van der Waals surface area contributed by atoms with E-state index in [0.29, 0.717) is 17.8 Å². The Kier molecular flexibility index (Phi) is 5.05. The van der Waals surface area contributed by atoms with E-state index in [-0.39, 0.29) is 11.1 Å². The summed E-state index contributed by atoms with van der Waals surface area (Å²) >= 11 is 0. The highest BCUT2D eigenvalue weighted by atomic mass is 19.1. The number of anilines is 1.